The molecule has 0 bridgehead atoms. The van der Waals surface area contributed by atoms with Crippen LogP contribution in [0.2, 0.25) is 0 Å². The molecule has 0 heterocycles. The third kappa shape index (κ3) is 297. The van der Waals surface area contributed by atoms with Gasteiger partial charge >= 0.3 is 23.1 Å². The summed E-state index contributed by atoms with van der Waals surface area (Å²) in [5, 5.41) is 0. The maximum Gasteiger partial charge on any atom is 0.316 e. The van der Waals surface area contributed by atoms with Gasteiger partial charge in [0.2, 0.25) is 0 Å². The van der Waals surface area contributed by atoms with Crippen molar-refractivity contribution >= 4 is 23.1 Å². The van der Waals surface area contributed by atoms with E-state index < -0.39 is 0 Å². The molecule has 0 aliphatic carbocycles. The van der Waals surface area contributed by atoms with Gasteiger partial charge < -0.3 is 0 Å². The molecular weight excluding hydrogens is 119 g/mol. The van der Waals surface area contributed by atoms with Gasteiger partial charge in [-0.25, -0.2) is 0 Å². The molecule has 0 spiro atoms. The van der Waals surface area contributed by atoms with Crippen molar-refractivity contribution < 1.29 is 23.5 Å². The molecule has 0 aromatic carbocycles. The van der Waals surface area contributed by atoms with Crippen LogP contribution in [0.3, 0.4) is 0 Å². The van der Waals surface area contributed by atoms with E-state index in [1.165, 1.54) is 0 Å². The summed E-state index contributed by atoms with van der Waals surface area (Å²) in [6.07, 6.45) is 0. The van der Waals surface area contributed by atoms with Crippen molar-refractivity contribution in [2.24, 2.45) is 0 Å². The number of hydrogen-bond donors (Lipinski definition) is 0. The highest BCUT2D eigenvalue weighted by Gasteiger charge is 0.316. The Labute approximate surface area is 47.3 Å². The lowest BCUT2D eigenvalue weighted by atomic mass is 19.0. The van der Waals surface area contributed by atoms with E-state index in [0.717, 1.165) is 0 Å². The van der Waals surface area contributed by atoms with Gasteiger partial charge in [0.15, 0.2) is 0 Å². The van der Waals surface area contributed by atoms with E-state index in [2.05, 4.69) is 0 Å². The first-order chi connectivity index (χ1) is 0. The zero-order chi connectivity index (χ0) is 0. The molecule has 0 aliphatic rings. The quantitative estimate of drug-likeness (QED) is 0.313. The summed E-state index contributed by atoms with van der Waals surface area (Å²) < 4.78 is 0. The van der Waals surface area contributed by atoms with Crippen LogP contribution in [-0.4, -0.2) is 23.1 Å². The zero-order valence-electron chi connectivity index (χ0n) is 2.04. The second kappa shape index (κ2) is 610. The van der Waals surface area contributed by atoms with Crippen LogP contribution in [0.4, 0.5) is 23.5 Å². The summed E-state index contributed by atoms with van der Waals surface area (Å²) in [7, 11) is 0. The first-order valence-electron chi connectivity index (χ1n) is 0. The molecule has 0 aromatic heterocycles. The van der Waals surface area contributed by atoms with Crippen molar-refractivity contribution in [1.29, 1.82) is 0 Å². The molecule has 0 amide bonds. The maximum absolute atomic E-state index is 0. The van der Waals surface area contributed by atoms with E-state index in [9.17, 15) is 0 Å². The molecule has 0 rings (SSSR count). The molecule has 0 unspecified atom stereocenters. The van der Waals surface area contributed by atoms with E-state index >= 15 is 0 Å². The second-order valence-electron chi connectivity index (χ2n) is 0. The normalized spacial score (nSPS) is 0. The fraction of sp³-hybridized carbons (Fsp3) is 0. The zero-order valence-corrected chi connectivity index (χ0v) is 2.04. The standard InChI is InChI=1S/5FH.Mg.2H/h5*1H;;;. The van der Waals surface area contributed by atoms with Gasteiger partial charge in [0.25, 0.3) is 0 Å². The smallest absolute Gasteiger partial charge is 0.269 e. The Morgan fingerprint density at radius 1 is 0.333 bits per heavy atom. The van der Waals surface area contributed by atoms with Gasteiger partial charge in [0.1, 0.15) is 0 Å². The summed E-state index contributed by atoms with van der Waals surface area (Å²) in [5.41, 5.74) is 0. The van der Waals surface area contributed by atoms with Crippen LogP contribution in [0.5, 0.6) is 0 Å². The largest absolute Gasteiger partial charge is 0.316 e. The molecule has 44 valence electrons. The monoisotopic (exact) mass is 126 g/mol. The number of hydrogen-bond acceptors (Lipinski definition) is 0. The van der Waals surface area contributed by atoms with Gasteiger partial charge in [-0.05, 0) is 0 Å². The van der Waals surface area contributed by atoms with Crippen LogP contribution in [0.25, 0.3) is 0 Å². The summed E-state index contributed by atoms with van der Waals surface area (Å²) in [5.74, 6) is 0. The van der Waals surface area contributed by atoms with Crippen molar-refractivity contribution in [1.82, 2.24) is 0 Å². The SMILES string of the molecule is F.F.F.F.F.[MgH2]. The second-order valence-corrected chi connectivity index (χ2v) is 0. The molecule has 0 aliphatic heterocycles. The molecule has 0 aromatic rings. The van der Waals surface area contributed by atoms with Gasteiger partial charge in [-0.3, -0.25) is 23.5 Å². The molecule has 0 fully saturated rings. The third-order valence-electron chi connectivity index (χ3n) is 0. The van der Waals surface area contributed by atoms with E-state index in [4.69, 9.17) is 0 Å². The van der Waals surface area contributed by atoms with E-state index in [0.29, 0.717) is 0 Å². The van der Waals surface area contributed by atoms with Crippen molar-refractivity contribution in [3.63, 3.8) is 0 Å². The van der Waals surface area contributed by atoms with Crippen LogP contribution >= 0.6 is 0 Å². The van der Waals surface area contributed by atoms with Gasteiger partial charge in [-0.15, -0.1) is 0 Å². The van der Waals surface area contributed by atoms with Crippen molar-refractivity contribution in [2.75, 3.05) is 0 Å². The lowest BCUT2D eigenvalue weighted by Crippen LogP contribution is -0.381. The molecule has 0 radical (unpaired) electrons. The van der Waals surface area contributed by atoms with Crippen LogP contribution < -0.4 is 0 Å². The van der Waals surface area contributed by atoms with Crippen LogP contribution in [0.1, 0.15) is 0 Å². The Kier molecular flexibility index (Phi) is 110000. The Balaban J connectivity index is 0. The lowest BCUT2D eigenvalue weighted by Gasteiger charge is -0.270. The average molecular weight is 126 g/mol. The van der Waals surface area contributed by atoms with E-state index in [-0.39, 0.29) is 46.6 Å². The Hall–Kier alpha value is 0.416. The minimum Gasteiger partial charge on any atom is -0.269 e. The predicted octanol–water partition coefficient (Wildman–Crippen LogP) is -0.154. The number of halogens is 5. The molecule has 6 heteroatoms. The predicted molar refractivity (Wildman–Crippen MR) is 21.1 cm³/mol. The van der Waals surface area contributed by atoms with Crippen molar-refractivity contribution in [2.45, 2.75) is 0 Å². The topological polar surface area (TPSA) is 0 Å². The van der Waals surface area contributed by atoms with Crippen LogP contribution in [0.15, 0.2) is 0 Å². The lowest BCUT2D eigenvalue weighted by molar-refractivity contribution is 1.11. The van der Waals surface area contributed by atoms with Gasteiger partial charge in [-0.1, -0.05) is 0 Å². The molecule has 6 heavy (non-hydrogen) atoms. The highest BCUT2D eigenvalue weighted by molar-refractivity contribution is 5.75. The molecule has 0 N–H and O–H groups in total. The molecular formula is H7F5Mg. The third-order valence-corrected chi connectivity index (χ3v) is 0. The number of rotatable bonds is 0. The minimum atomic E-state index is 0. The minimum absolute atomic E-state index is 0. The Morgan fingerprint density at radius 3 is 0.333 bits per heavy atom. The average Bonchev–Trinajstić information content (AvgIpc) is 0. The summed E-state index contributed by atoms with van der Waals surface area (Å²) in [4.78, 5) is 0. The van der Waals surface area contributed by atoms with Crippen molar-refractivity contribution in [3.8, 4) is 0 Å². The summed E-state index contributed by atoms with van der Waals surface area (Å²) >= 11 is 0. The van der Waals surface area contributed by atoms with Crippen molar-refractivity contribution in [3.05, 3.63) is 0 Å². The van der Waals surface area contributed by atoms with Crippen LogP contribution in [0, 0.1) is 0 Å². The van der Waals surface area contributed by atoms with Gasteiger partial charge in [0, 0.05) is 0 Å². The summed E-state index contributed by atoms with van der Waals surface area (Å²) in [6.45, 7) is 0. The fourth-order valence-corrected chi connectivity index (χ4v) is 0. The Morgan fingerprint density at radius 2 is 0.333 bits per heavy atom. The first kappa shape index (κ1) is 1090. The molecule has 0 atom stereocenters. The van der Waals surface area contributed by atoms with E-state index in [1.807, 2.05) is 0 Å². The molecule has 0 saturated heterocycles. The van der Waals surface area contributed by atoms with E-state index in [1.54, 1.807) is 0 Å². The maximum atomic E-state index is 0. The highest BCUT2D eigenvalue weighted by atomic mass is 24.3. The van der Waals surface area contributed by atoms with Crippen LogP contribution in [-0.2, 0) is 0 Å². The van der Waals surface area contributed by atoms with Gasteiger partial charge in [-0.2, -0.15) is 0 Å². The fourth-order valence-electron chi connectivity index (χ4n) is 0. The highest BCUT2D eigenvalue weighted by Crippen LogP contribution is 0.424. The molecule has 0 saturated carbocycles. The first-order valence-corrected chi connectivity index (χ1v) is 0. The Bertz CT molecular complexity index is 3.90. The van der Waals surface area contributed by atoms with Gasteiger partial charge in [0.05, 0.1) is 0 Å². The summed E-state index contributed by atoms with van der Waals surface area (Å²) in [6, 6.07) is 0. The molecule has 0 nitrogen and oxygen atoms in total.